The third-order valence-electron chi connectivity index (χ3n) is 4.93. The first-order valence-electron chi connectivity index (χ1n) is 8.58. The minimum Gasteiger partial charge on any atom is -0.496 e. The van der Waals surface area contributed by atoms with Crippen molar-refractivity contribution in [2.45, 2.75) is 45.6 Å². The van der Waals surface area contributed by atoms with Crippen LogP contribution in [0.4, 0.5) is 0 Å². The van der Waals surface area contributed by atoms with E-state index in [2.05, 4.69) is 30.0 Å². The Morgan fingerprint density at radius 2 is 2.08 bits per heavy atom. The van der Waals surface area contributed by atoms with Crippen molar-refractivity contribution in [1.29, 1.82) is 0 Å². The first kappa shape index (κ1) is 19.8. The lowest BCUT2D eigenvalue weighted by Crippen LogP contribution is -2.52. The Balaban J connectivity index is 1.81. The molecule has 1 fully saturated rings. The summed E-state index contributed by atoms with van der Waals surface area (Å²) in [6.07, 6.45) is 3.71. The van der Waals surface area contributed by atoms with Crippen LogP contribution in [0.1, 0.15) is 38.7 Å². The maximum atomic E-state index is 12.1. The number of hydrazine groups is 1. The molecule has 1 saturated carbocycles. The molecule has 0 saturated heterocycles. The standard InChI is InChI=1S/C18H26ClN3O2S/c1-11-5-4-6-15(12(11)2)20-18(25)22-21-17(23)10-13-9-14(19)7-8-16(13)24-3/h7-9,11-12,15H,4-6,10H2,1-3H3,(H,21,23)(H2,20,22,25)/t11-,12+,15+/m0/s1. The number of hydrogen-bond donors (Lipinski definition) is 3. The molecule has 0 bridgehead atoms. The molecule has 0 aliphatic heterocycles. The third-order valence-corrected chi connectivity index (χ3v) is 5.39. The van der Waals surface area contributed by atoms with Crippen molar-refractivity contribution < 1.29 is 9.53 Å². The smallest absolute Gasteiger partial charge is 0.242 e. The van der Waals surface area contributed by atoms with Crippen LogP contribution in [0.25, 0.3) is 0 Å². The van der Waals surface area contributed by atoms with E-state index in [1.807, 2.05) is 0 Å². The first-order valence-corrected chi connectivity index (χ1v) is 9.37. The highest BCUT2D eigenvalue weighted by Crippen LogP contribution is 2.29. The number of nitrogens with one attached hydrogen (secondary N) is 3. The van der Waals surface area contributed by atoms with Gasteiger partial charge < -0.3 is 10.1 Å². The second-order valence-electron chi connectivity index (χ2n) is 6.65. The van der Waals surface area contributed by atoms with E-state index in [0.29, 0.717) is 33.8 Å². The summed E-state index contributed by atoms with van der Waals surface area (Å²) in [4.78, 5) is 12.1. The van der Waals surface area contributed by atoms with Gasteiger partial charge in [-0.15, -0.1) is 0 Å². The lowest BCUT2D eigenvalue weighted by molar-refractivity contribution is -0.121. The van der Waals surface area contributed by atoms with Crippen molar-refractivity contribution in [3.8, 4) is 5.75 Å². The van der Waals surface area contributed by atoms with E-state index < -0.39 is 0 Å². The molecule has 1 aliphatic carbocycles. The van der Waals surface area contributed by atoms with E-state index in [9.17, 15) is 4.79 Å². The zero-order valence-corrected chi connectivity index (χ0v) is 16.5. The Labute approximate surface area is 159 Å². The molecule has 1 aliphatic rings. The van der Waals surface area contributed by atoms with Gasteiger partial charge in [0.2, 0.25) is 5.91 Å². The van der Waals surface area contributed by atoms with Crippen LogP contribution < -0.4 is 20.9 Å². The van der Waals surface area contributed by atoms with Gasteiger partial charge >= 0.3 is 0 Å². The number of thiocarbonyl (C=S) groups is 1. The topological polar surface area (TPSA) is 62.4 Å². The summed E-state index contributed by atoms with van der Waals surface area (Å²) >= 11 is 11.3. The summed E-state index contributed by atoms with van der Waals surface area (Å²) in [7, 11) is 1.56. The van der Waals surface area contributed by atoms with Gasteiger partial charge in [0.15, 0.2) is 5.11 Å². The number of methoxy groups -OCH3 is 1. The monoisotopic (exact) mass is 383 g/mol. The van der Waals surface area contributed by atoms with Crippen molar-refractivity contribution in [3.05, 3.63) is 28.8 Å². The minimum absolute atomic E-state index is 0.149. The molecule has 3 N–H and O–H groups in total. The van der Waals surface area contributed by atoms with Gasteiger partial charge in [-0.05, 0) is 48.7 Å². The van der Waals surface area contributed by atoms with Crippen LogP contribution in [0.5, 0.6) is 5.75 Å². The molecule has 7 heteroatoms. The molecular formula is C18H26ClN3O2S. The Hall–Kier alpha value is -1.53. The molecule has 0 unspecified atom stereocenters. The normalized spacial score (nSPS) is 22.8. The lowest BCUT2D eigenvalue weighted by atomic mass is 9.78. The Morgan fingerprint density at radius 3 is 2.80 bits per heavy atom. The molecule has 138 valence electrons. The largest absolute Gasteiger partial charge is 0.496 e. The summed E-state index contributed by atoms with van der Waals surface area (Å²) in [5, 5.41) is 4.32. The quantitative estimate of drug-likeness (QED) is 0.550. The van der Waals surface area contributed by atoms with Gasteiger partial charge in [0.1, 0.15) is 5.75 Å². The number of hydrogen-bond acceptors (Lipinski definition) is 3. The summed E-state index contributed by atoms with van der Waals surface area (Å²) in [6, 6.07) is 5.54. The minimum atomic E-state index is -0.213. The van der Waals surface area contributed by atoms with Crippen LogP contribution in [0.2, 0.25) is 5.02 Å². The SMILES string of the molecule is COc1ccc(Cl)cc1CC(=O)NNC(=S)N[C@@H]1CCC[C@H](C)[C@H]1C. The molecule has 2 rings (SSSR count). The van der Waals surface area contributed by atoms with Crippen LogP contribution in [-0.4, -0.2) is 24.2 Å². The van der Waals surface area contributed by atoms with Crippen molar-refractivity contribution in [1.82, 2.24) is 16.2 Å². The number of carbonyl (C=O) groups excluding carboxylic acids is 1. The van der Waals surface area contributed by atoms with E-state index in [1.54, 1.807) is 25.3 Å². The predicted octanol–water partition coefficient (Wildman–Crippen LogP) is 3.21. The summed E-state index contributed by atoms with van der Waals surface area (Å²) in [6.45, 7) is 4.52. The summed E-state index contributed by atoms with van der Waals surface area (Å²) in [5.41, 5.74) is 6.14. The van der Waals surface area contributed by atoms with Gasteiger partial charge in [-0.3, -0.25) is 15.6 Å². The zero-order valence-electron chi connectivity index (χ0n) is 14.9. The highest BCUT2D eigenvalue weighted by atomic mass is 35.5. The van der Waals surface area contributed by atoms with E-state index in [1.165, 1.54) is 12.8 Å². The Morgan fingerprint density at radius 1 is 1.32 bits per heavy atom. The van der Waals surface area contributed by atoms with Crippen molar-refractivity contribution >= 4 is 34.8 Å². The highest BCUT2D eigenvalue weighted by molar-refractivity contribution is 7.80. The molecule has 1 aromatic rings. The van der Waals surface area contributed by atoms with E-state index >= 15 is 0 Å². The number of benzene rings is 1. The highest BCUT2D eigenvalue weighted by Gasteiger charge is 2.27. The van der Waals surface area contributed by atoms with E-state index in [-0.39, 0.29) is 12.3 Å². The predicted molar refractivity (Wildman–Crippen MR) is 105 cm³/mol. The molecule has 0 spiro atoms. The van der Waals surface area contributed by atoms with Crippen LogP contribution in [0, 0.1) is 11.8 Å². The summed E-state index contributed by atoms with van der Waals surface area (Å²) in [5.74, 6) is 1.65. The van der Waals surface area contributed by atoms with Crippen LogP contribution in [0.15, 0.2) is 18.2 Å². The van der Waals surface area contributed by atoms with Crippen molar-refractivity contribution in [3.63, 3.8) is 0 Å². The fourth-order valence-corrected chi connectivity index (χ4v) is 3.62. The Kier molecular flexibility index (Phi) is 7.32. The van der Waals surface area contributed by atoms with E-state index in [0.717, 1.165) is 12.0 Å². The number of carbonyl (C=O) groups is 1. The number of ether oxygens (including phenoxy) is 1. The molecule has 5 nitrogen and oxygen atoms in total. The molecule has 1 aromatic carbocycles. The lowest BCUT2D eigenvalue weighted by Gasteiger charge is -2.35. The maximum Gasteiger partial charge on any atom is 0.242 e. The third kappa shape index (κ3) is 5.75. The van der Waals surface area contributed by atoms with Crippen LogP contribution in [0.3, 0.4) is 0 Å². The van der Waals surface area contributed by atoms with Gasteiger partial charge in [0, 0.05) is 16.6 Å². The maximum absolute atomic E-state index is 12.1. The van der Waals surface area contributed by atoms with Crippen LogP contribution in [-0.2, 0) is 11.2 Å². The molecular weight excluding hydrogens is 358 g/mol. The molecule has 25 heavy (non-hydrogen) atoms. The van der Waals surface area contributed by atoms with Crippen molar-refractivity contribution in [2.75, 3.05) is 7.11 Å². The van der Waals surface area contributed by atoms with Gasteiger partial charge in [0.05, 0.1) is 13.5 Å². The van der Waals surface area contributed by atoms with Gasteiger partial charge in [-0.1, -0.05) is 38.3 Å². The Bertz CT molecular complexity index is 626. The van der Waals surface area contributed by atoms with E-state index in [4.69, 9.17) is 28.6 Å². The van der Waals surface area contributed by atoms with Crippen LogP contribution >= 0.6 is 23.8 Å². The number of rotatable bonds is 4. The number of amides is 1. The molecule has 0 radical (unpaired) electrons. The fraction of sp³-hybridized carbons (Fsp3) is 0.556. The fourth-order valence-electron chi connectivity index (χ4n) is 3.22. The molecule has 1 amide bonds. The summed E-state index contributed by atoms with van der Waals surface area (Å²) < 4.78 is 5.25. The zero-order chi connectivity index (χ0) is 18.4. The van der Waals surface area contributed by atoms with Crippen molar-refractivity contribution in [2.24, 2.45) is 11.8 Å². The molecule has 0 aromatic heterocycles. The second-order valence-corrected chi connectivity index (χ2v) is 7.50. The first-order chi connectivity index (χ1) is 11.9. The molecule has 3 atom stereocenters. The number of halogens is 1. The average Bonchev–Trinajstić information content (AvgIpc) is 2.57. The second kappa shape index (κ2) is 9.25. The van der Waals surface area contributed by atoms with Gasteiger partial charge in [-0.25, -0.2) is 0 Å². The average molecular weight is 384 g/mol. The molecule has 0 heterocycles. The van der Waals surface area contributed by atoms with Gasteiger partial charge in [0.25, 0.3) is 0 Å². The van der Waals surface area contributed by atoms with Gasteiger partial charge in [-0.2, -0.15) is 0 Å².